The molecule has 1 aliphatic rings. The third-order valence-electron chi connectivity index (χ3n) is 2.57. The van der Waals surface area contributed by atoms with Gasteiger partial charge in [-0.3, -0.25) is 4.79 Å². The van der Waals surface area contributed by atoms with Crippen LogP contribution in [0.4, 0.5) is 0 Å². The van der Waals surface area contributed by atoms with Crippen LogP contribution in [-0.2, 0) is 9.53 Å². The molecule has 0 aliphatic heterocycles. The van der Waals surface area contributed by atoms with Gasteiger partial charge in [-0.2, -0.15) is 11.8 Å². The largest absolute Gasteiger partial charge is 0.468 e. The second kappa shape index (κ2) is 7.92. The molecule has 100 valence electrons. The highest BCUT2D eigenvalue weighted by atomic mass is 32.2. The molecule has 1 aliphatic carbocycles. The molecular weight excluding hydrogens is 242 g/mol. The van der Waals surface area contributed by atoms with Crippen LogP contribution in [0.3, 0.4) is 0 Å². The van der Waals surface area contributed by atoms with Crippen molar-refractivity contribution in [1.29, 1.82) is 0 Å². The Morgan fingerprint density at radius 1 is 1.59 bits per heavy atom. The fourth-order valence-corrected chi connectivity index (χ4v) is 2.37. The molecule has 0 saturated heterocycles. The van der Waals surface area contributed by atoms with Gasteiger partial charge in [0.05, 0.1) is 19.8 Å². The van der Waals surface area contributed by atoms with Crippen molar-refractivity contribution in [3.8, 4) is 0 Å². The van der Waals surface area contributed by atoms with Crippen LogP contribution in [0.1, 0.15) is 19.3 Å². The molecule has 5 nitrogen and oxygen atoms in total. The van der Waals surface area contributed by atoms with Gasteiger partial charge in [0.2, 0.25) is 0 Å². The van der Waals surface area contributed by atoms with E-state index in [9.17, 15) is 4.79 Å². The van der Waals surface area contributed by atoms with E-state index in [0.29, 0.717) is 18.2 Å². The lowest BCUT2D eigenvalue weighted by atomic mass is 10.2. The number of rotatable bonds is 9. The fourth-order valence-electron chi connectivity index (χ4n) is 1.42. The Balaban J connectivity index is 2.16. The van der Waals surface area contributed by atoms with Crippen molar-refractivity contribution in [3.63, 3.8) is 0 Å². The molecule has 2 atom stereocenters. The molecule has 0 aromatic carbocycles. The van der Waals surface area contributed by atoms with Crippen molar-refractivity contribution >= 4 is 17.7 Å². The van der Waals surface area contributed by atoms with Gasteiger partial charge in [0.1, 0.15) is 6.04 Å². The highest BCUT2D eigenvalue weighted by Gasteiger charge is 2.28. The van der Waals surface area contributed by atoms with Crippen LogP contribution in [0.5, 0.6) is 0 Å². The number of hydrogen-bond acceptors (Lipinski definition) is 6. The zero-order valence-corrected chi connectivity index (χ0v) is 10.9. The molecule has 0 spiro atoms. The van der Waals surface area contributed by atoms with Gasteiger partial charge >= 0.3 is 5.97 Å². The van der Waals surface area contributed by atoms with Gasteiger partial charge in [0.15, 0.2) is 0 Å². The summed E-state index contributed by atoms with van der Waals surface area (Å²) in [4.78, 5) is 11.5. The number of carbonyl (C=O) groups excluding carboxylic acids is 1. The first kappa shape index (κ1) is 14.8. The topological polar surface area (TPSA) is 78.8 Å². The summed E-state index contributed by atoms with van der Waals surface area (Å²) in [5, 5.41) is 21.0. The summed E-state index contributed by atoms with van der Waals surface area (Å²) in [7, 11) is 1.40. The summed E-state index contributed by atoms with van der Waals surface area (Å²) < 4.78 is 4.74. The Bertz CT molecular complexity index is 236. The van der Waals surface area contributed by atoms with E-state index in [2.05, 4.69) is 5.32 Å². The number of thioether (sulfide) groups is 1. The van der Waals surface area contributed by atoms with Gasteiger partial charge in [-0.25, -0.2) is 0 Å². The Kier molecular flexibility index (Phi) is 6.87. The van der Waals surface area contributed by atoms with Gasteiger partial charge in [0.25, 0.3) is 0 Å². The molecule has 17 heavy (non-hydrogen) atoms. The van der Waals surface area contributed by atoms with Gasteiger partial charge in [-0.15, -0.1) is 0 Å². The third-order valence-corrected chi connectivity index (χ3v) is 3.72. The van der Waals surface area contributed by atoms with E-state index in [0.717, 1.165) is 18.6 Å². The van der Waals surface area contributed by atoms with Crippen molar-refractivity contribution in [1.82, 2.24) is 5.32 Å². The average Bonchev–Trinajstić information content (AvgIpc) is 3.15. The van der Waals surface area contributed by atoms with Crippen LogP contribution in [0.25, 0.3) is 0 Å². The number of carbonyl (C=O) groups is 1. The third kappa shape index (κ3) is 6.26. The summed E-state index contributed by atoms with van der Waals surface area (Å²) in [5.74, 6) is 1.03. The molecule has 1 rings (SSSR count). The van der Waals surface area contributed by atoms with E-state index in [-0.39, 0.29) is 18.6 Å². The molecule has 0 amide bonds. The molecular formula is C11H21NO4S. The predicted molar refractivity (Wildman–Crippen MR) is 67.0 cm³/mol. The van der Waals surface area contributed by atoms with Gasteiger partial charge < -0.3 is 20.3 Å². The molecule has 1 saturated carbocycles. The molecule has 2 unspecified atom stereocenters. The summed E-state index contributed by atoms with van der Waals surface area (Å²) in [6, 6.07) is 0.221. The summed E-state index contributed by atoms with van der Waals surface area (Å²) in [5.41, 5.74) is 0. The first-order valence-corrected chi connectivity index (χ1v) is 7.03. The molecule has 0 bridgehead atoms. The maximum atomic E-state index is 11.5. The fraction of sp³-hybridized carbons (Fsp3) is 0.909. The first-order chi connectivity index (χ1) is 8.17. The van der Waals surface area contributed by atoms with E-state index < -0.39 is 6.10 Å². The smallest absolute Gasteiger partial charge is 0.322 e. The van der Waals surface area contributed by atoms with Crippen molar-refractivity contribution in [2.75, 3.05) is 25.2 Å². The van der Waals surface area contributed by atoms with Crippen molar-refractivity contribution in [3.05, 3.63) is 0 Å². The van der Waals surface area contributed by atoms with E-state index in [4.69, 9.17) is 14.9 Å². The Hall–Kier alpha value is -0.300. The molecule has 3 N–H and O–H groups in total. The molecule has 6 heteroatoms. The number of methoxy groups -OCH3 is 1. The maximum absolute atomic E-state index is 11.5. The van der Waals surface area contributed by atoms with Crippen LogP contribution >= 0.6 is 11.8 Å². The Morgan fingerprint density at radius 3 is 2.82 bits per heavy atom. The molecule has 0 radical (unpaired) electrons. The number of aliphatic hydroxyl groups is 2. The lowest BCUT2D eigenvalue weighted by molar-refractivity contribution is -0.143. The van der Waals surface area contributed by atoms with E-state index in [1.807, 2.05) is 0 Å². The van der Waals surface area contributed by atoms with Gasteiger partial charge in [0, 0.05) is 11.8 Å². The normalized spacial score (nSPS) is 18.8. The number of nitrogens with one attached hydrogen (secondary N) is 1. The van der Waals surface area contributed by atoms with Gasteiger partial charge in [-0.1, -0.05) is 0 Å². The second-order valence-corrected chi connectivity index (χ2v) is 5.37. The summed E-state index contributed by atoms with van der Waals surface area (Å²) >= 11 is 1.53. The van der Waals surface area contributed by atoms with Crippen LogP contribution in [0, 0.1) is 0 Å². The molecule has 0 aromatic heterocycles. The van der Waals surface area contributed by atoms with E-state index in [1.165, 1.54) is 18.9 Å². The van der Waals surface area contributed by atoms with Crippen molar-refractivity contribution in [2.45, 2.75) is 37.5 Å². The SMILES string of the molecule is COC(=O)C(CCSCC(O)CO)NC1CC1. The van der Waals surface area contributed by atoms with Gasteiger partial charge in [-0.05, 0) is 25.0 Å². The Labute approximate surface area is 106 Å². The highest BCUT2D eigenvalue weighted by molar-refractivity contribution is 7.99. The lowest BCUT2D eigenvalue weighted by Gasteiger charge is -2.16. The minimum absolute atomic E-state index is 0.215. The number of ether oxygens (including phenoxy) is 1. The average molecular weight is 263 g/mol. The quantitative estimate of drug-likeness (QED) is 0.393. The highest BCUT2D eigenvalue weighted by Crippen LogP contribution is 2.20. The summed E-state index contributed by atoms with van der Waals surface area (Å²) in [6.45, 7) is -0.215. The van der Waals surface area contributed by atoms with Crippen LogP contribution in [-0.4, -0.2) is 59.6 Å². The van der Waals surface area contributed by atoms with Crippen molar-refractivity contribution in [2.24, 2.45) is 0 Å². The minimum atomic E-state index is -0.673. The van der Waals surface area contributed by atoms with E-state index >= 15 is 0 Å². The summed E-state index contributed by atoms with van der Waals surface area (Å²) in [6.07, 6.45) is 2.27. The van der Waals surface area contributed by atoms with Crippen molar-refractivity contribution < 1.29 is 19.7 Å². The number of esters is 1. The van der Waals surface area contributed by atoms with Crippen LogP contribution < -0.4 is 5.32 Å². The zero-order valence-electron chi connectivity index (χ0n) is 10.1. The number of aliphatic hydroxyl groups excluding tert-OH is 2. The molecule has 0 aromatic rings. The minimum Gasteiger partial charge on any atom is -0.468 e. The number of hydrogen-bond donors (Lipinski definition) is 3. The maximum Gasteiger partial charge on any atom is 0.322 e. The molecule has 0 heterocycles. The monoisotopic (exact) mass is 263 g/mol. The van der Waals surface area contributed by atoms with Crippen LogP contribution in [0.2, 0.25) is 0 Å². The zero-order chi connectivity index (χ0) is 12.7. The second-order valence-electron chi connectivity index (χ2n) is 4.22. The standard InChI is InChI=1S/C11H21NO4S/c1-16-11(15)10(12-8-2-3-8)4-5-17-7-9(14)6-13/h8-10,12-14H,2-7H2,1H3. The Morgan fingerprint density at radius 2 is 2.29 bits per heavy atom. The first-order valence-electron chi connectivity index (χ1n) is 5.88. The molecule has 1 fully saturated rings. The van der Waals surface area contributed by atoms with Crippen LogP contribution in [0.15, 0.2) is 0 Å². The lowest BCUT2D eigenvalue weighted by Crippen LogP contribution is -2.39. The van der Waals surface area contributed by atoms with E-state index in [1.54, 1.807) is 0 Å². The predicted octanol–water partition coefficient (Wildman–Crippen LogP) is -0.244.